The second-order valence-electron chi connectivity index (χ2n) is 5.10. The number of aromatic nitrogens is 1. The number of nitrogens with one attached hydrogen (secondary N) is 1. The highest BCUT2D eigenvalue weighted by Gasteiger charge is 2.17. The Morgan fingerprint density at radius 3 is 2.62 bits per heavy atom. The zero-order chi connectivity index (χ0) is 17.5. The predicted octanol–water partition coefficient (Wildman–Crippen LogP) is 2.99. The van der Waals surface area contributed by atoms with Gasteiger partial charge < -0.3 is 19.5 Å². The Bertz CT molecular complexity index is 703. The van der Waals surface area contributed by atoms with E-state index in [0.717, 1.165) is 5.56 Å². The zero-order valence-corrected chi connectivity index (χ0v) is 14.3. The summed E-state index contributed by atoms with van der Waals surface area (Å²) in [6, 6.07) is 8.72. The van der Waals surface area contributed by atoms with Crippen LogP contribution in [-0.4, -0.2) is 31.7 Å². The Kier molecular flexibility index (Phi) is 6.01. The summed E-state index contributed by atoms with van der Waals surface area (Å²) >= 11 is 0. The normalized spacial score (nSPS) is 11.5. The summed E-state index contributed by atoms with van der Waals surface area (Å²) in [5.74, 6) is 1.35. The Hall–Kier alpha value is -2.76. The Labute approximate surface area is 141 Å². The molecule has 0 aliphatic carbocycles. The number of methoxy groups -OCH3 is 2. The van der Waals surface area contributed by atoms with E-state index in [1.165, 1.54) is 0 Å². The molecular weight excluding hydrogens is 308 g/mol. The maximum atomic E-state index is 12.5. The van der Waals surface area contributed by atoms with E-state index in [2.05, 4.69) is 10.3 Å². The van der Waals surface area contributed by atoms with Crippen LogP contribution in [0.15, 0.2) is 36.5 Å². The molecule has 1 aromatic heterocycles. The van der Waals surface area contributed by atoms with Gasteiger partial charge in [0.25, 0.3) is 5.91 Å². The van der Waals surface area contributed by atoms with Gasteiger partial charge in [-0.25, -0.2) is 4.98 Å². The lowest BCUT2D eigenvalue weighted by Crippen LogP contribution is -2.27. The quantitative estimate of drug-likeness (QED) is 0.845. The number of amides is 1. The second-order valence-corrected chi connectivity index (χ2v) is 5.10. The van der Waals surface area contributed by atoms with Crippen molar-refractivity contribution in [3.05, 3.63) is 47.7 Å². The van der Waals surface area contributed by atoms with E-state index >= 15 is 0 Å². The Morgan fingerprint density at radius 1 is 1.21 bits per heavy atom. The maximum Gasteiger partial charge on any atom is 0.257 e. The molecule has 0 saturated carbocycles. The van der Waals surface area contributed by atoms with Crippen LogP contribution in [0.5, 0.6) is 17.4 Å². The van der Waals surface area contributed by atoms with Crippen molar-refractivity contribution in [2.24, 2.45) is 0 Å². The molecule has 0 spiro atoms. The molecule has 0 radical (unpaired) electrons. The highest BCUT2D eigenvalue weighted by Crippen LogP contribution is 2.30. The molecule has 128 valence electrons. The van der Waals surface area contributed by atoms with Crippen LogP contribution in [-0.2, 0) is 0 Å². The van der Waals surface area contributed by atoms with Crippen molar-refractivity contribution < 1.29 is 19.0 Å². The molecule has 24 heavy (non-hydrogen) atoms. The third kappa shape index (κ3) is 3.95. The van der Waals surface area contributed by atoms with Crippen LogP contribution in [0.25, 0.3) is 0 Å². The standard InChI is InChI=1S/C18H22N2O4/c1-5-24-18-14(7-6-10-19-18)17(21)20-12(2)13-8-9-15(22-3)16(11-13)23-4/h6-12H,5H2,1-4H3,(H,20,21). The SMILES string of the molecule is CCOc1ncccc1C(=O)NC(C)c1ccc(OC)c(OC)c1. The minimum atomic E-state index is -0.242. The molecule has 2 aromatic rings. The molecule has 6 heteroatoms. The van der Waals surface area contributed by atoms with Gasteiger partial charge in [-0.15, -0.1) is 0 Å². The highest BCUT2D eigenvalue weighted by atomic mass is 16.5. The van der Waals surface area contributed by atoms with Crippen LogP contribution < -0.4 is 19.5 Å². The minimum Gasteiger partial charge on any atom is -0.493 e. The van der Waals surface area contributed by atoms with Crippen LogP contribution >= 0.6 is 0 Å². The van der Waals surface area contributed by atoms with Crippen molar-refractivity contribution >= 4 is 5.91 Å². The zero-order valence-electron chi connectivity index (χ0n) is 14.3. The highest BCUT2D eigenvalue weighted by molar-refractivity contribution is 5.96. The molecule has 1 N–H and O–H groups in total. The van der Waals surface area contributed by atoms with E-state index in [-0.39, 0.29) is 11.9 Å². The number of carbonyl (C=O) groups is 1. The van der Waals surface area contributed by atoms with Crippen LogP contribution in [0, 0.1) is 0 Å². The van der Waals surface area contributed by atoms with Gasteiger partial charge in [0.1, 0.15) is 5.56 Å². The number of rotatable bonds is 7. The fourth-order valence-electron chi connectivity index (χ4n) is 2.30. The summed E-state index contributed by atoms with van der Waals surface area (Å²) in [4.78, 5) is 16.6. The Morgan fingerprint density at radius 2 is 1.96 bits per heavy atom. The first kappa shape index (κ1) is 17.6. The average Bonchev–Trinajstić information content (AvgIpc) is 2.61. The molecule has 6 nitrogen and oxygen atoms in total. The summed E-state index contributed by atoms with van der Waals surface area (Å²) in [7, 11) is 3.16. The van der Waals surface area contributed by atoms with Crippen LogP contribution in [0.3, 0.4) is 0 Å². The Balaban J connectivity index is 2.17. The summed E-state index contributed by atoms with van der Waals surface area (Å²) in [5.41, 5.74) is 1.31. The van der Waals surface area contributed by atoms with Gasteiger partial charge in [-0.05, 0) is 43.7 Å². The van der Waals surface area contributed by atoms with Gasteiger partial charge in [-0.1, -0.05) is 6.07 Å². The molecule has 0 fully saturated rings. The lowest BCUT2D eigenvalue weighted by molar-refractivity contribution is 0.0935. The first-order valence-corrected chi connectivity index (χ1v) is 7.71. The van der Waals surface area contributed by atoms with E-state index in [9.17, 15) is 4.79 Å². The molecular formula is C18H22N2O4. The van der Waals surface area contributed by atoms with Gasteiger partial charge in [-0.2, -0.15) is 0 Å². The van der Waals surface area contributed by atoms with Crippen molar-refractivity contribution in [2.45, 2.75) is 19.9 Å². The number of carbonyl (C=O) groups excluding carboxylic acids is 1. The number of nitrogens with zero attached hydrogens (tertiary/aromatic N) is 1. The molecule has 1 amide bonds. The van der Waals surface area contributed by atoms with Crippen molar-refractivity contribution in [2.75, 3.05) is 20.8 Å². The molecule has 0 aliphatic heterocycles. The first-order valence-electron chi connectivity index (χ1n) is 7.71. The number of benzene rings is 1. The number of hydrogen-bond donors (Lipinski definition) is 1. The van der Waals surface area contributed by atoms with Crippen LogP contribution in [0.4, 0.5) is 0 Å². The van der Waals surface area contributed by atoms with Gasteiger partial charge in [0.2, 0.25) is 5.88 Å². The van der Waals surface area contributed by atoms with E-state index in [1.807, 2.05) is 32.0 Å². The van der Waals surface area contributed by atoms with Crippen molar-refractivity contribution in [1.29, 1.82) is 0 Å². The largest absolute Gasteiger partial charge is 0.493 e. The van der Waals surface area contributed by atoms with E-state index in [1.54, 1.807) is 32.5 Å². The summed E-state index contributed by atoms with van der Waals surface area (Å²) in [6.07, 6.45) is 1.60. The van der Waals surface area contributed by atoms with E-state index < -0.39 is 0 Å². The molecule has 1 unspecified atom stereocenters. The van der Waals surface area contributed by atoms with Crippen LogP contribution in [0.1, 0.15) is 35.8 Å². The summed E-state index contributed by atoms with van der Waals surface area (Å²) < 4.78 is 15.9. The first-order chi connectivity index (χ1) is 11.6. The smallest absolute Gasteiger partial charge is 0.257 e. The van der Waals surface area contributed by atoms with E-state index in [0.29, 0.717) is 29.5 Å². The van der Waals surface area contributed by atoms with Gasteiger partial charge in [-0.3, -0.25) is 4.79 Å². The second kappa shape index (κ2) is 8.19. The van der Waals surface area contributed by atoms with Crippen molar-refractivity contribution in [3.63, 3.8) is 0 Å². The van der Waals surface area contributed by atoms with Crippen molar-refractivity contribution in [3.8, 4) is 17.4 Å². The topological polar surface area (TPSA) is 69.7 Å². The monoisotopic (exact) mass is 330 g/mol. The lowest BCUT2D eigenvalue weighted by atomic mass is 10.1. The van der Waals surface area contributed by atoms with Crippen LogP contribution in [0.2, 0.25) is 0 Å². The third-order valence-electron chi connectivity index (χ3n) is 3.55. The van der Waals surface area contributed by atoms with Gasteiger partial charge in [0, 0.05) is 6.20 Å². The molecule has 0 saturated heterocycles. The minimum absolute atomic E-state index is 0.216. The number of pyridine rings is 1. The average molecular weight is 330 g/mol. The van der Waals surface area contributed by atoms with Gasteiger partial charge in [0.15, 0.2) is 11.5 Å². The lowest BCUT2D eigenvalue weighted by Gasteiger charge is -2.17. The molecule has 0 bridgehead atoms. The summed E-state index contributed by atoms with van der Waals surface area (Å²) in [5, 5.41) is 2.94. The maximum absolute atomic E-state index is 12.5. The van der Waals surface area contributed by atoms with E-state index in [4.69, 9.17) is 14.2 Å². The molecule has 0 aliphatic rings. The fraction of sp³-hybridized carbons (Fsp3) is 0.333. The number of ether oxygens (including phenoxy) is 3. The molecule has 1 heterocycles. The molecule has 1 atom stereocenters. The predicted molar refractivity (Wildman–Crippen MR) is 90.8 cm³/mol. The van der Waals surface area contributed by atoms with Crippen molar-refractivity contribution in [1.82, 2.24) is 10.3 Å². The number of hydrogen-bond acceptors (Lipinski definition) is 5. The molecule has 2 rings (SSSR count). The third-order valence-corrected chi connectivity index (χ3v) is 3.55. The van der Waals surface area contributed by atoms with Gasteiger partial charge >= 0.3 is 0 Å². The van der Waals surface area contributed by atoms with Gasteiger partial charge in [0.05, 0.1) is 26.9 Å². The molecule has 1 aromatic carbocycles. The summed E-state index contributed by atoms with van der Waals surface area (Å²) in [6.45, 7) is 4.20. The fourth-order valence-corrected chi connectivity index (χ4v) is 2.30.